The molecule has 0 heterocycles. The number of rotatable bonds is 5. The molecular weight excluding hydrogens is 296 g/mol. The van der Waals surface area contributed by atoms with E-state index in [-0.39, 0.29) is 18.4 Å². The van der Waals surface area contributed by atoms with E-state index in [1.54, 1.807) is 0 Å². The molecule has 6 nitrogen and oxygen atoms in total. The molecule has 0 spiro atoms. The molecule has 0 saturated heterocycles. The van der Waals surface area contributed by atoms with Crippen LogP contribution in [0, 0.1) is 5.92 Å². The monoisotopic (exact) mass is 322 g/mol. The van der Waals surface area contributed by atoms with Crippen molar-refractivity contribution in [3.8, 4) is 0 Å². The Hall–Kier alpha value is -1.85. The van der Waals surface area contributed by atoms with Crippen molar-refractivity contribution in [2.45, 2.75) is 70.4 Å². The number of carbonyl (C=O) groups is 3. The van der Waals surface area contributed by atoms with Crippen molar-refractivity contribution in [2.75, 3.05) is 0 Å². The van der Waals surface area contributed by atoms with Crippen LogP contribution >= 0.6 is 0 Å². The highest BCUT2D eigenvalue weighted by atomic mass is 16.5. The van der Waals surface area contributed by atoms with Gasteiger partial charge in [0, 0.05) is 6.04 Å². The average molecular weight is 322 g/mol. The molecule has 1 fully saturated rings. The second-order valence-corrected chi connectivity index (χ2v) is 6.40. The first kappa shape index (κ1) is 17.5. The number of hydrogen-bond donors (Lipinski definition) is 2. The first-order valence-corrected chi connectivity index (χ1v) is 8.52. The molecule has 0 aromatic rings. The predicted molar refractivity (Wildman–Crippen MR) is 85.6 cm³/mol. The average Bonchev–Trinajstić information content (AvgIpc) is 3.00. The number of imide groups is 1. The maximum Gasteiger partial charge on any atom is 0.321 e. The summed E-state index contributed by atoms with van der Waals surface area (Å²) in [7, 11) is 0. The summed E-state index contributed by atoms with van der Waals surface area (Å²) in [4.78, 5) is 35.5. The second kappa shape index (κ2) is 8.70. The highest BCUT2D eigenvalue weighted by molar-refractivity contribution is 5.97. The van der Waals surface area contributed by atoms with Gasteiger partial charge < -0.3 is 10.1 Å². The largest absolute Gasteiger partial charge is 0.453 e. The Kier molecular flexibility index (Phi) is 6.62. The Morgan fingerprint density at radius 2 is 1.91 bits per heavy atom. The Balaban J connectivity index is 1.67. The van der Waals surface area contributed by atoms with Crippen molar-refractivity contribution in [1.29, 1.82) is 0 Å². The topological polar surface area (TPSA) is 84.5 Å². The smallest absolute Gasteiger partial charge is 0.321 e. The van der Waals surface area contributed by atoms with E-state index in [1.807, 2.05) is 12.2 Å². The van der Waals surface area contributed by atoms with Gasteiger partial charge in [0.25, 0.3) is 5.91 Å². The second-order valence-electron chi connectivity index (χ2n) is 6.40. The number of urea groups is 1. The lowest BCUT2D eigenvalue weighted by atomic mass is 9.96. The number of amides is 3. The van der Waals surface area contributed by atoms with Crippen molar-refractivity contribution < 1.29 is 19.1 Å². The molecule has 0 aromatic heterocycles. The van der Waals surface area contributed by atoms with Crippen molar-refractivity contribution in [3.63, 3.8) is 0 Å². The molecule has 2 atom stereocenters. The molecular formula is C17H26N2O4. The molecule has 0 aliphatic heterocycles. The predicted octanol–water partition coefficient (Wildman–Crippen LogP) is 2.43. The molecule has 2 aliphatic carbocycles. The Labute approximate surface area is 137 Å². The van der Waals surface area contributed by atoms with E-state index in [0.29, 0.717) is 0 Å². The molecule has 2 aliphatic rings. The summed E-state index contributed by atoms with van der Waals surface area (Å²) >= 11 is 0. The molecule has 0 aromatic carbocycles. The number of allylic oxidation sites excluding steroid dienone is 2. The molecule has 128 valence electrons. The van der Waals surface area contributed by atoms with Crippen LogP contribution in [0.25, 0.3) is 0 Å². The molecule has 3 amide bonds. The van der Waals surface area contributed by atoms with Crippen LogP contribution in [0.3, 0.4) is 0 Å². The van der Waals surface area contributed by atoms with Gasteiger partial charge in [-0.15, -0.1) is 0 Å². The minimum Gasteiger partial charge on any atom is -0.453 e. The van der Waals surface area contributed by atoms with Gasteiger partial charge in [0.15, 0.2) is 6.10 Å². The lowest BCUT2D eigenvalue weighted by Crippen LogP contribution is -2.48. The fraction of sp³-hybridized carbons (Fsp3) is 0.706. The SMILES string of the molecule is C[C@H](OC(=O)C[C@H]1C=CCC1)C(=O)NC(=O)NC1CCCCC1. The molecule has 23 heavy (non-hydrogen) atoms. The number of carbonyl (C=O) groups excluding carboxylic acids is 3. The van der Waals surface area contributed by atoms with Gasteiger partial charge in [0.05, 0.1) is 6.42 Å². The summed E-state index contributed by atoms with van der Waals surface area (Å²) in [5, 5.41) is 5.04. The van der Waals surface area contributed by atoms with E-state index in [1.165, 1.54) is 13.3 Å². The zero-order valence-corrected chi connectivity index (χ0v) is 13.7. The molecule has 0 bridgehead atoms. The Morgan fingerprint density at radius 3 is 2.57 bits per heavy atom. The first-order valence-electron chi connectivity index (χ1n) is 8.52. The summed E-state index contributed by atoms with van der Waals surface area (Å²) < 4.78 is 5.10. The quantitative estimate of drug-likeness (QED) is 0.601. The summed E-state index contributed by atoms with van der Waals surface area (Å²) in [6, 6.07) is -0.382. The van der Waals surface area contributed by atoms with Crippen LogP contribution in [0.4, 0.5) is 4.79 Å². The molecule has 2 N–H and O–H groups in total. The van der Waals surface area contributed by atoms with E-state index in [0.717, 1.165) is 38.5 Å². The van der Waals surface area contributed by atoms with Gasteiger partial charge >= 0.3 is 12.0 Å². The standard InChI is InChI=1S/C17H26N2O4/c1-12(23-15(20)11-13-7-5-6-8-13)16(21)19-17(22)18-14-9-3-2-4-10-14/h5,7,12-14H,2-4,6,8-11H2,1H3,(H2,18,19,21,22)/t12-,13-/m0/s1. The molecule has 0 unspecified atom stereocenters. The van der Waals surface area contributed by atoms with Crippen molar-refractivity contribution in [1.82, 2.24) is 10.6 Å². The van der Waals surface area contributed by atoms with Crippen molar-refractivity contribution in [2.24, 2.45) is 5.92 Å². The molecule has 2 rings (SSSR count). The fourth-order valence-electron chi connectivity index (χ4n) is 3.06. The lowest BCUT2D eigenvalue weighted by Gasteiger charge is -2.23. The number of nitrogens with one attached hydrogen (secondary N) is 2. The highest BCUT2D eigenvalue weighted by Gasteiger charge is 2.23. The van der Waals surface area contributed by atoms with Crippen LogP contribution in [0.2, 0.25) is 0 Å². The summed E-state index contributed by atoms with van der Waals surface area (Å²) in [5.74, 6) is -0.794. The van der Waals surface area contributed by atoms with Crippen LogP contribution in [0.5, 0.6) is 0 Å². The minimum absolute atomic E-state index is 0.128. The van der Waals surface area contributed by atoms with Gasteiger partial charge in [-0.05, 0) is 38.5 Å². The number of ether oxygens (including phenoxy) is 1. The van der Waals surface area contributed by atoms with E-state index in [9.17, 15) is 14.4 Å². The summed E-state index contributed by atoms with van der Waals surface area (Å²) in [5.41, 5.74) is 0. The third kappa shape index (κ3) is 6.04. The molecule has 1 saturated carbocycles. The zero-order valence-electron chi connectivity index (χ0n) is 13.7. The normalized spacial score (nSPS) is 22.4. The number of esters is 1. The van der Waals surface area contributed by atoms with Crippen LogP contribution in [0.15, 0.2) is 12.2 Å². The summed E-state index contributed by atoms with van der Waals surface area (Å²) in [6.45, 7) is 1.48. The maximum absolute atomic E-state index is 11.9. The number of hydrogen-bond acceptors (Lipinski definition) is 4. The van der Waals surface area contributed by atoms with Crippen LogP contribution in [-0.4, -0.2) is 30.1 Å². The minimum atomic E-state index is -0.968. The Morgan fingerprint density at radius 1 is 1.17 bits per heavy atom. The zero-order chi connectivity index (χ0) is 16.7. The van der Waals surface area contributed by atoms with E-state index >= 15 is 0 Å². The van der Waals surface area contributed by atoms with E-state index in [2.05, 4.69) is 10.6 Å². The summed E-state index contributed by atoms with van der Waals surface area (Å²) in [6.07, 6.45) is 10.6. The van der Waals surface area contributed by atoms with Gasteiger partial charge in [-0.25, -0.2) is 4.79 Å². The van der Waals surface area contributed by atoms with Gasteiger partial charge in [-0.2, -0.15) is 0 Å². The van der Waals surface area contributed by atoms with Crippen molar-refractivity contribution >= 4 is 17.9 Å². The highest BCUT2D eigenvalue weighted by Crippen LogP contribution is 2.21. The Bertz CT molecular complexity index is 469. The first-order chi connectivity index (χ1) is 11.0. The van der Waals surface area contributed by atoms with E-state index in [4.69, 9.17) is 4.74 Å². The molecule has 6 heteroatoms. The van der Waals surface area contributed by atoms with Gasteiger partial charge in [0.1, 0.15) is 0 Å². The van der Waals surface area contributed by atoms with Crippen LogP contribution in [0.1, 0.15) is 58.3 Å². The van der Waals surface area contributed by atoms with Gasteiger partial charge in [0.2, 0.25) is 0 Å². The van der Waals surface area contributed by atoms with Gasteiger partial charge in [-0.3, -0.25) is 14.9 Å². The molecule has 0 radical (unpaired) electrons. The van der Waals surface area contributed by atoms with Crippen LogP contribution < -0.4 is 10.6 Å². The van der Waals surface area contributed by atoms with Gasteiger partial charge in [-0.1, -0.05) is 31.4 Å². The van der Waals surface area contributed by atoms with E-state index < -0.39 is 24.0 Å². The van der Waals surface area contributed by atoms with Crippen LogP contribution in [-0.2, 0) is 14.3 Å². The maximum atomic E-state index is 11.9. The third-order valence-corrected chi connectivity index (χ3v) is 4.40. The lowest BCUT2D eigenvalue weighted by molar-refractivity contribution is -0.155. The third-order valence-electron chi connectivity index (χ3n) is 4.40. The fourth-order valence-corrected chi connectivity index (χ4v) is 3.06. The van der Waals surface area contributed by atoms with Crippen molar-refractivity contribution in [3.05, 3.63) is 12.2 Å².